The van der Waals surface area contributed by atoms with Crippen molar-refractivity contribution < 1.29 is 27.4 Å². The predicted octanol–water partition coefficient (Wildman–Crippen LogP) is 10.5. The number of pyridine rings is 1. The summed E-state index contributed by atoms with van der Waals surface area (Å²) in [6.45, 7) is 22.5. The molecule has 0 unspecified atom stereocenters. The Hall–Kier alpha value is -4.41. The van der Waals surface area contributed by atoms with E-state index in [1.807, 2.05) is 51.8 Å². The lowest BCUT2D eigenvalue weighted by molar-refractivity contribution is 0.0233. The summed E-state index contributed by atoms with van der Waals surface area (Å²) in [7, 11) is -0.394. The summed E-state index contributed by atoms with van der Waals surface area (Å²) in [5.41, 5.74) is 4.15. The third-order valence-electron chi connectivity index (χ3n) is 13.6. The fourth-order valence-corrected chi connectivity index (χ4v) is 15.9. The first-order valence-corrected chi connectivity index (χ1v) is 23.9. The molecule has 9 nitrogen and oxygen atoms in total. The molecular formula is C47H61F3N6O3Si. The molecule has 60 heavy (non-hydrogen) atoms. The first-order valence-electron chi connectivity index (χ1n) is 21.6. The number of benzene rings is 2. The number of nitrogens with zero attached hydrogens (tertiary/aromatic N) is 6. The number of anilines is 1. The minimum atomic E-state index is -2.26. The second kappa shape index (κ2) is 16.5. The van der Waals surface area contributed by atoms with Crippen LogP contribution < -0.4 is 9.64 Å². The Balaban J connectivity index is 1.36. The van der Waals surface area contributed by atoms with Crippen LogP contribution >= 0.6 is 0 Å². The Morgan fingerprint density at radius 3 is 2.45 bits per heavy atom. The topological polar surface area (TPSA) is 83.9 Å². The number of hydrogen-bond acceptors (Lipinski definition) is 8. The van der Waals surface area contributed by atoms with E-state index in [1.165, 1.54) is 6.07 Å². The molecular weight excluding hydrogens is 782 g/mol. The fourth-order valence-electron chi connectivity index (χ4n) is 10.6. The van der Waals surface area contributed by atoms with Gasteiger partial charge in [-0.3, -0.25) is 9.88 Å². The zero-order chi connectivity index (χ0) is 43.5. The number of carbonyl (C=O) groups is 1. The predicted molar refractivity (Wildman–Crippen MR) is 236 cm³/mol. The third kappa shape index (κ3) is 7.83. The standard InChI is InChI=1S/C47H61F3N6O3Si/c1-28(2)60(29(3)4,30(5)6)23-19-34-37(49)17-16-32-14-12-15-35(39(32)34)41-40(50)42-36(25-51-41)43(54(11)38-18-22-56(31(38)7)45(57)59-46(8,9)10)53-44(52-42)58-27-47-20-13-21-55(47)26-33(48)24-47/h12,14-17,25,28-31,33,38H,13,18,20-22,24,26-27H2,1-11H3/t31-,33-,38+,47+/m1/s1. The minimum Gasteiger partial charge on any atom is -0.461 e. The fraction of sp³-hybridized carbons (Fsp3) is 0.574. The summed E-state index contributed by atoms with van der Waals surface area (Å²) < 4.78 is 60.5. The zero-order valence-electron chi connectivity index (χ0n) is 37.1. The number of aromatic nitrogens is 3. The van der Waals surface area contributed by atoms with E-state index in [0.29, 0.717) is 70.1 Å². The molecule has 2 aromatic heterocycles. The summed E-state index contributed by atoms with van der Waals surface area (Å²) in [5, 5.41) is 1.56. The van der Waals surface area contributed by atoms with Crippen molar-refractivity contribution in [1.82, 2.24) is 24.8 Å². The first kappa shape index (κ1) is 43.7. The van der Waals surface area contributed by atoms with Gasteiger partial charge in [-0.25, -0.2) is 18.0 Å². The maximum atomic E-state index is 17.5. The molecule has 322 valence electrons. The maximum Gasteiger partial charge on any atom is 0.410 e. The highest BCUT2D eigenvalue weighted by Crippen LogP contribution is 2.43. The molecule has 5 heterocycles. The Morgan fingerprint density at radius 2 is 1.77 bits per heavy atom. The molecule has 13 heteroatoms. The molecule has 0 aliphatic carbocycles. The van der Waals surface area contributed by atoms with Crippen LogP contribution in [-0.2, 0) is 4.74 Å². The lowest BCUT2D eigenvalue weighted by Crippen LogP contribution is -2.45. The van der Waals surface area contributed by atoms with Crippen molar-refractivity contribution in [3.63, 3.8) is 0 Å². The van der Waals surface area contributed by atoms with Crippen LogP contribution in [0.2, 0.25) is 16.6 Å². The number of halogens is 3. The normalized spacial score (nSPS) is 22.3. The van der Waals surface area contributed by atoms with E-state index in [1.54, 1.807) is 23.2 Å². The molecule has 2 aromatic carbocycles. The SMILES string of the molecule is CC(C)[Si](C#Cc1c(F)ccc2cccc(-c3ncc4c(N(C)[C@H]5CCN(C(=O)OC(C)(C)C)[C@@H]5C)nc(OC[C@@]56CCCN5C[C@H](F)C6)nc4c3F)c12)(C(C)C)C(C)C. The maximum absolute atomic E-state index is 17.5. The van der Waals surface area contributed by atoms with Gasteiger partial charge in [-0.1, -0.05) is 71.7 Å². The van der Waals surface area contributed by atoms with Crippen molar-refractivity contribution in [2.24, 2.45) is 0 Å². The Kier molecular flexibility index (Phi) is 12.0. The van der Waals surface area contributed by atoms with Gasteiger partial charge < -0.3 is 19.3 Å². The van der Waals surface area contributed by atoms with Gasteiger partial charge in [-0.15, -0.1) is 5.54 Å². The molecule has 3 fully saturated rings. The molecule has 7 rings (SSSR count). The zero-order valence-corrected chi connectivity index (χ0v) is 38.1. The summed E-state index contributed by atoms with van der Waals surface area (Å²) in [5.74, 6) is 2.54. The molecule has 1 amide bonds. The molecule has 0 N–H and O–H groups in total. The van der Waals surface area contributed by atoms with Crippen molar-refractivity contribution in [1.29, 1.82) is 0 Å². The van der Waals surface area contributed by atoms with E-state index in [9.17, 15) is 9.18 Å². The van der Waals surface area contributed by atoms with Gasteiger partial charge in [0.15, 0.2) is 5.82 Å². The smallest absolute Gasteiger partial charge is 0.410 e. The van der Waals surface area contributed by atoms with Gasteiger partial charge in [0.2, 0.25) is 0 Å². The molecule has 4 atom stereocenters. The number of amides is 1. The monoisotopic (exact) mass is 842 g/mol. The molecule has 0 spiro atoms. The quantitative estimate of drug-likeness (QED) is 0.122. The summed E-state index contributed by atoms with van der Waals surface area (Å²) in [6.07, 6.45) is 2.91. The average molecular weight is 843 g/mol. The van der Waals surface area contributed by atoms with Crippen LogP contribution in [-0.4, -0.2) is 102 Å². The van der Waals surface area contributed by atoms with Crippen molar-refractivity contribution >= 4 is 41.7 Å². The molecule has 0 saturated carbocycles. The highest BCUT2D eigenvalue weighted by atomic mass is 28.3. The Bertz CT molecular complexity index is 2320. The minimum absolute atomic E-state index is 0.00190. The highest BCUT2D eigenvalue weighted by molar-refractivity contribution is 6.90. The third-order valence-corrected chi connectivity index (χ3v) is 19.9. The van der Waals surface area contributed by atoms with E-state index in [4.69, 9.17) is 24.4 Å². The highest BCUT2D eigenvalue weighted by Gasteiger charge is 2.49. The van der Waals surface area contributed by atoms with Gasteiger partial charge in [-0.05, 0) is 81.6 Å². The van der Waals surface area contributed by atoms with Gasteiger partial charge >= 0.3 is 12.1 Å². The van der Waals surface area contributed by atoms with Gasteiger partial charge in [-0.2, -0.15) is 9.97 Å². The molecule has 0 bridgehead atoms. The van der Waals surface area contributed by atoms with Crippen molar-refractivity contribution in [2.45, 2.75) is 141 Å². The largest absolute Gasteiger partial charge is 0.461 e. The van der Waals surface area contributed by atoms with Gasteiger partial charge in [0, 0.05) is 43.7 Å². The number of ether oxygens (including phenoxy) is 2. The number of fused-ring (bicyclic) bond motifs is 3. The lowest BCUT2D eigenvalue weighted by Gasteiger charge is -2.38. The van der Waals surface area contributed by atoms with Gasteiger partial charge in [0.25, 0.3) is 0 Å². The van der Waals surface area contributed by atoms with Crippen molar-refractivity contribution in [2.75, 3.05) is 38.2 Å². The Morgan fingerprint density at radius 1 is 1.05 bits per heavy atom. The number of likely N-dealkylation sites (tertiary alicyclic amines) is 1. The number of rotatable bonds is 9. The van der Waals surface area contributed by atoms with Gasteiger partial charge in [0.1, 0.15) is 49.3 Å². The first-order chi connectivity index (χ1) is 28.3. The molecule has 3 aliphatic heterocycles. The van der Waals surface area contributed by atoms with Crippen LogP contribution in [0.25, 0.3) is 32.9 Å². The average Bonchev–Trinajstić information content (AvgIpc) is 3.84. The Labute approximate surface area is 354 Å². The van der Waals surface area contributed by atoms with E-state index >= 15 is 8.78 Å². The lowest BCUT2D eigenvalue weighted by atomic mass is 9.95. The van der Waals surface area contributed by atoms with Crippen molar-refractivity contribution in [3.8, 4) is 28.7 Å². The summed E-state index contributed by atoms with van der Waals surface area (Å²) in [6, 6.07) is 8.04. The van der Waals surface area contributed by atoms with E-state index < -0.39 is 43.1 Å². The number of hydrogen-bond donors (Lipinski definition) is 0. The molecule has 3 saturated heterocycles. The number of likely N-dealkylation sites (N-methyl/N-ethyl adjacent to an activating group) is 1. The van der Waals surface area contributed by atoms with Crippen LogP contribution in [0, 0.1) is 23.1 Å². The van der Waals surface area contributed by atoms with Crippen LogP contribution in [0.5, 0.6) is 6.01 Å². The van der Waals surface area contributed by atoms with Gasteiger partial charge in [0.05, 0.1) is 28.6 Å². The second-order valence-corrected chi connectivity index (χ2v) is 24.8. The van der Waals surface area contributed by atoms with E-state index in [0.717, 1.165) is 19.4 Å². The van der Waals surface area contributed by atoms with Crippen LogP contribution in [0.15, 0.2) is 36.5 Å². The molecule has 3 aliphatic rings. The number of carbonyl (C=O) groups excluding carboxylic acids is 1. The van der Waals surface area contributed by atoms with Crippen LogP contribution in [0.1, 0.15) is 100 Å². The summed E-state index contributed by atoms with van der Waals surface area (Å²) in [4.78, 5) is 33.3. The van der Waals surface area contributed by atoms with E-state index in [-0.39, 0.29) is 41.5 Å². The second-order valence-electron chi connectivity index (χ2n) is 19.2. The molecule has 4 aromatic rings. The van der Waals surface area contributed by atoms with Crippen LogP contribution in [0.3, 0.4) is 0 Å². The van der Waals surface area contributed by atoms with Crippen LogP contribution in [0.4, 0.5) is 23.8 Å². The number of alkyl halides is 1. The van der Waals surface area contributed by atoms with E-state index in [2.05, 4.69) is 57.9 Å². The summed E-state index contributed by atoms with van der Waals surface area (Å²) >= 11 is 0. The molecule has 0 radical (unpaired) electrons. The van der Waals surface area contributed by atoms with Crippen molar-refractivity contribution in [3.05, 3.63) is 53.7 Å².